The van der Waals surface area contributed by atoms with Crippen LogP contribution >= 0.6 is 0 Å². The zero-order valence-corrected chi connectivity index (χ0v) is 33.3. The molecular formula is C58H43N. The fourth-order valence-electron chi connectivity index (χ4n) is 10.2. The molecule has 0 aliphatic heterocycles. The van der Waals surface area contributed by atoms with Crippen LogP contribution in [0.15, 0.2) is 224 Å². The molecule has 0 atom stereocenters. The van der Waals surface area contributed by atoms with Crippen molar-refractivity contribution >= 4 is 17.1 Å². The Bertz CT molecular complexity index is 2940. The van der Waals surface area contributed by atoms with E-state index in [0.717, 1.165) is 17.1 Å². The van der Waals surface area contributed by atoms with E-state index in [1.165, 1.54) is 77.9 Å². The molecule has 9 aromatic carbocycles. The van der Waals surface area contributed by atoms with Gasteiger partial charge in [-0.15, -0.1) is 0 Å². The van der Waals surface area contributed by atoms with Crippen LogP contribution in [0.4, 0.5) is 17.1 Å². The fourth-order valence-corrected chi connectivity index (χ4v) is 10.2. The lowest BCUT2D eigenvalue weighted by atomic mass is 9.67. The molecule has 2 aliphatic rings. The molecule has 0 spiro atoms. The highest BCUT2D eigenvalue weighted by atomic mass is 15.1. The maximum absolute atomic E-state index is 2.47. The second kappa shape index (κ2) is 13.7. The van der Waals surface area contributed by atoms with E-state index < -0.39 is 5.41 Å². The van der Waals surface area contributed by atoms with Crippen LogP contribution in [0.5, 0.6) is 0 Å². The van der Waals surface area contributed by atoms with Gasteiger partial charge in [-0.1, -0.05) is 202 Å². The number of rotatable bonds is 7. The molecule has 280 valence electrons. The van der Waals surface area contributed by atoms with Gasteiger partial charge in [0.25, 0.3) is 0 Å². The largest absolute Gasteiger partial charge is 0.310 e. The van der Waals surface area contributed by atoms with E-state index in [2.05, 4.69) is 243 Å². The molecule has 11 rings (SSSR count). The Kier molecular flexibility index (Phi) is 8.13. The number of fused-ring (bicyclic) bond motifs is 6. The third kappa shape index (κ3) is 5.39. The summed E-state index contributed by atoms with van der Waals surface area (Å²) in [5, 5.41) is 0. The van der Waals surface area contributed by atoms with Gasteiger partial charge < -0.3 is 4.90 Å². The molecule has 0 bridgehead atoms. The smallest absolute Gasteiger partial charge is 0.0714 e. The topological polar surface area (TPSA) is 3.24 Å². The number of anilines is 3. The monoisotopic (exact) mass is 753 g/mol. The van der Waals surface area contributed by atoms with Gasteiger partial charge in [0, 0.05) is 22.5 Å². The molecule has 0 aromatic heterocycles. The maximum atomic E-state index is 2.47. The SMILES string of the molecule is CC1(C)c2cc(N(c3ccc(-c4ccccc4)cc3)c3ccc4c(c3)C(c3ccccc3)(c3ccccc3)c3ccccc3-4)ccc2-c2c(-c3ccccc3)cccc21. The highest BCUT2D eigenvalue weighted by molar-refractivity contribution is 5.95. The van der Waals surface area contributed by atoms with Crippen molar-refractivity contribution in [3.05, 3.63) is 258 Å². The summed E-state index contributed by atoms with van der Waals surface area (Å²) < 4.78 is 0. The first-order chi connectivity index (χ1) is 29.0. The Morgan fingerprint density at radius 3 is 1.41 bits per heavy atom. The van der Waals surface area contributed by atoms with Gasteiger partial charge in [0.15, 0.2) is 0 Å². The highest BCUT2D eigenvalue weighted by Crippen LogP contribution is 2.58. The van der Waals surface area contributed by atoms with E-state index in [1.54, 1.807) is 0 Å². The van der Waals surface area contributed by atoms with Crippen LogP contribution in [0.25, 0.3) is 44.5 Å². The van der Waals surface area contributed by atoms with Crippen molar-refractivity contribution in [1.29, 1.82) is 0 Å². The molecule has 0 radical (unpaired) electrons. The summed E-state index contributed by atoms with van der Waals surface area (Å²) in [4.78, 5) is 2.47. The van der Waals surface area contributed by atoms with Crippen LogP contribution in [0.3, 0.4) is 0 Å². The van der Waals surface area contributed by atoms with Crippen molar-refractivity contribution in [3.8, 4) is 44.5 Å². The van der Waals surface area contributed by atoms with E-state index in [0.29, 0.717) is 0 Å². The summed E-state index contributed by atoms with van der Waals surface area (Å²) in [6, 6.07) is 82.9. The summed E-state index contributed by atoms with van der Waals surface area (Å²) in [5.41, 5.74) is 20.7. The van der Waals surface area contributed by atoms with Crippen LogP contribution in [0.1, 0.15) is 47.2 Å². The third-order valence-corrected chi connectivity index (χ3v) is 13.0. The van der Waals surface area contributed by atoms with Gasteiger partial charge in [-0.2, -0.15) is 0 Å². The fraction of sp³-hybridized carbons (Fsp3) is 0.0690. The van der Waals surface area contributed by atoms with Crippen molar-refractivity contribution in [2.24, 2.45) is 0 Å². The molecule has 0 saturated heterocycles. The van der Waals surface area contributed by atoms with Crippen molar-refractivity contribution in [2.45, 2.75) is 24.7 Å². The minimum atomic E-state index is -0.497. The molecule has 1 heteroatoms. The van der Waals surface area contributed by atoms with Gasteiger partial charge in [0.05, 0.1) is 5.41 Å². The molecule has 0 fully saturated rings. The normalized spacial score (nSPS) is 13.9. The Morgan fingerprint density at radius 2 is 0.763 bits per heavy atom. The van der Waals surface area contributed by atoms with Gasteiger partial charge in [-0.3, -0.25) is 0 Å². The Balaban J connectivity index is 1.14. The first-order valence-electron chi connectivity index (χ1n) is 20.7. The summed E-state index contributed by atoms with van der Waals surface area (Å²) in [6.07, 6.45) is 0. The summed E-state index contributed by atoms with van der Waals surface area (Å²) in [5.74, 6) is 0. The molecule has 0 N–H and O–H groups in total. The van der Waals surface area contributed by atoms with E-state index >= 15 is 0 Å². The van der Waals surface area contributed by atoms with Crippen LogP contribution in [0, 0.1) is 0 Å². The molecule has 2 aliphatic carbocycles. The first kappa shape index (κ1) is 35.0. The molecule has 0 heterocycles. The zero-order chi connectivity index (χ0) is 39.6. The number of hydrogen-bond donors (Lipinski definition) is 0. The molecule has 0 amide bonds. The van der Waals surface area contributed by atoms with Crippen molar-refractivity contribution in [2.75, 3.05) is 4.90 Å². The van der Waals surface area contributed by atoms with Crippen LogP contribution in [0.2, 0.25) is 0 Å². The van der Waals surface area contributed by atoms with E-state index in [4.69, 9.17) is 0 Å². The molecule has 9 aromatic rings. The minimum absolute atomic E-state index is 0.191. The van der Waals surface area contributed by atoms with Gasteiger partial charge in [0.2, 0.25) is 0 Å². The van der Waals surface area contributed by atoms with Crippen molar-refractivity contribution in [3.63, 3.8) is 0 Å². The van der Waals surface area contributed by atoms with Crippen molar-refractivity contribution in [1.82, 2.24) is 0 Å². The maximum Gasteiger partial charge on any atom is 0.0714 e. The average molecular weight is 754 g/mol. The first-order valence-corrected chi connectivity index (χ1v) is 20.7. The number of benzene rings is 9. The average Bonchev–Trinajstić information content (AvgIpc) is 3.73. The molecular weight excluding hydrogens is 711 g/mol. The lowest BCUT2D eigenvalue weighted by Gasteiger charge is -2.35. The Hall–Kier alpha value is -7.22. The third-order valence-electron chi connectivity index (χ3n) is 13.0. The summed E-state index contributed by atoms with van der Waals surface area (Å²) in [7, 11) is 0. The van der Waals surface area contributed by atoms with E-state index in [9.17, 15) is 0 Å². The van der Waals surface area contributed by atoms with E-state index in [-0.39, 0.29) is 5.41 Å². The second-order valence-electron chi connectivity index (χ2n) is 16.5. The molecule has 0 unspecified atom stereocenters. The Morgan fingerprint density at radius 1 is 0.305 bits per heavy atom. The lowest BCUT2D eigenvalue weighted by molar-refractivity contribution is 0.660. The van der Waals surface area contributed by atoms with Gasteiger partial charge >= 0.3 is 0 Å². The highest BCUT2D eigenvalue weighted by Gasteiger charge is 2.46. The standard InChI is InChI=1S/C58H43N/c1-57(2)53-29-17-27-48(42-20-9-4-10-21-42)56(53)51-37-35-46(38-54(51)57)59(45-32-30-41(31-33-45)40-18-7-3-8-19-40)47-34-36-50-49-26-15-16-28-52(49)58(55(50)39-47,43-22-11-5-12-23-43)44-24-13-6-14-25-44/h3-39H,1-2H3. The van der Waals surface area contributed by atoms with Crippen LogP contribution < -0.4 is 4.90 Å². The zero-order valence-electron chi connectivity index (χ0n) is 33.3. The Labute approximate surface area is 347 Å². The van der Waals surface area contributed by atoms with Gasteiger partial charge in [-0.05, 0) is 114 Å². The number of hydrogen-bond acceptors (Lipinski definition) is 1. The second-order valence-corrected chi connectivity index (χ2v) is 16.5. The van der Waals surface area contributed by atoms with E-state index in [1.807, 2.05) is 0 Å². The predicted molar refractivity (Wildman–Crippen MR) is 247 cm³/mol. The summed E-state index contributed by atoms with van der Waals surface area (Å²) in [6.45, 7) is 4.77. The summed E-state index contributed by atoms with van der Waals surface area (Å²) >= 11 is 0. The predicted octanol–water partition coefficient (Wildman–Crippen LogP) is 15.2. The van der Waals surface area contributed by atoms with Crippen molar-refractivity contribution < 1.29 is 0 Å². The molecule has 1 nitrogen and oxygen atoms in total. The quantitative estimate of drug-likeness (QED) is 0.157. The van der Waals surface area contributed by atoms with Gasteiger partial charge in [0.1, 0.15) is 0 Å². The molecule has 0 saturated carbocycles. The van der Waals surface area contributed by atoms with Crippen LogP contribution in [-0.4, -0.2) is 0 Å². The minimum Gasteiger partial charge on any atom is -0.310 e. The number of nitrogens with zero attached hydrogens (tertiary/aromatic N) is 1. The lowest BCUT2D eigenvalue weighted by Crippen LogP contribution is -2.28. The van der Waals surface area contributed by atoms with Gasteiger partial charge in [-0.25, -0.2) is 0 Å². The van der Waals surface area contributed by atoms with Crippen LogP contribution in [-0.2, 0) is 10.8 Å². The molecule has 59 heavy (non-hydrogen) atoms.